The van der Waals surface area contributed by atoms with Crippen LogP contribution in [0.3, 0.4) is 0 Å². The summed E-state index contributed by atoms with van der Waals surface area (Å²) in [5, 5.41) is 0. The molecule has 96 valence electrons. The standard InChI is InChI=1S/C12H12INO4/c13-6-10-11(15)18-8-14(10)12(16)17-7-9-4-2-1-3-5-9/h1-5,10H,6-8H2/t10-/m1/s1. The molecule has 1 atom stereocenters. The zero-order valence-corrected chi connectivity index (χ0v) is 11.7. The number of halogens is 1. The van der Waals surface area contributed by atoms with Crippen molar-refractivity contribution in [1.82, 2.24) is 4.90 Å². The van der Waals surface area contributed by atoms with Crippen molar-refractivity contribution in [3.05, 3.63) is 35.9 Å². The average Bonchev–Trinajstić information content (AvgIpc) is 2.78. The second-order valence-corrected chi connectivity index (χ2v) is 4.65. The van der Waals surface area contributed by atoms with Crippen LogP contribution in [0.2, 0.25) is 0 Å². The van der Waals surface area contributed by atoms with Gasteiger partial charge in [-0.05, 0) is 5.56 Å². The van der Waals surface area contributed by atoms with Gasteiger partial charge in [-0.2, -0.15) is 0 Å². The maximum absolute atomic E-state index is 11.8. The van der Waals surface area contributed by atoms with Crippen LogP contribution >= 0.6 is 22.6 Å². The summed E-state index contributed by atoms with van der Waals surface area (Å²) in [5.74, 6) is -0.374. The van der Waals surface area contributed by atoms with Gasteiger partial charge in [0.25, 0.3) is 0 Å². The summed E-state index contributed by atoms with van der Waals surface area (Å²) in [6, 6.07) is 8.85. The van der Waals surface area contributed by atoms with Gasteiger partial charge < -0.3 is 9.47 Å². The summed E-state index contributed by atoms with van der Waals surface area (Å²) in [6.45, 7) is 0.165. The number of hydrogen-bond donors (Lipinski definition) is 0. The minimum atomic E-state index is -0.533. The lowest BCUT2D eigenvalue weighted by atomic mass is 10.2. The first-order valence-corrected chi connectivity index (χ1v) is 6.95. The van der Waals surface area contributed by atoms with E-state index in [0.29, 0.717) is 4.43 Å². The van der Waals surface area contributed by atoms with E-state index in [-0.39, 0.29) is 19.3 Å². The van der Waals surface area contributed by atoms with Crippen molar-refractivity contribution in [3.63, 3.8) is 0 Å². The first-order chi connectivity index (χ1) is 8.72. The third-order valence-electron chi connectivity index (χ3n) is 2.58. The number of carbonyl (C=O) groups is 2. The van der Waals surface area contributed by atoms with Crippen molar-refractivity contribution in [2.24, 2.45) is 0 Å². The van der Waals surface area contributed by atoms with Crippen LogP contribution in [0.5, 0.6) is 0 Å². The molecule has 1 aromatic rings. The molecule has 0 N–H and O–H groups in total. The molecule has 0 spiro atoms. The molecule has 1 fully saturated rings. The maximum Gasteiger partial charge on any atom is 0.413 e. The van der Waals surface area contributed by atoms with Crippen LogP contribution in [-0.4, -0.2) is 34.2 Å². The molecule has 0 bridgehead atoms. The highest BCUT2D eigenvalue weighted by molar-refractivity contribution is 14.1. The number of nitrogens with zero attached hydrogens (tertiary/aromatic N) is 1. The van der Waals surface area contributed by atoms with Crippen molar-refractivity contribution in [2.45, 2.75) is 12.6 Å². The van der Waals surface area contributed by atoms with Crippen molar-refractivity contribution < 1.29 is 19.1 Å². The van der Waals surface area contributed by atoms with Crippen LogP contribution in [0, 0.1) is 0 Å². The Morgan fingerprint density at radius 2 is 2.17 bits per heavy atom. The van der Waals surface area contributed by atoms with Crippen molar-refractivity contribution in [1.29, 1.82) is 0 Å². The minimum Gasteiger partial charge on any atom is -0.444 e. The number of rotatable bonds is 3. The number of ether oxygens (including phenoxy) is 2. The molecule has 0 saturated carbocycles. The van der Waals surface area contributed by atoms with Gasteiger partial charge in [-0.1, -0.05) is 52.9 Å². The summed E-state index contributed by atoms with van der Waals surface area (Å²) >= 11 is 2.04. The van der Waals surface area contributed by atoms with E-state index >= 15 is 0 Å². The Bertz CT molecular complexity index is 437. The van der Waals surface area contributed by atoms with Gasteiger partial charge in [0.2, 0.25) is 0 Å². The molecule has 0 radical (unpaired) electrons. The molecule has 1 aliphatic heterocycles. The van der Waals surface area contributed by atoms with E-state index < -0.39 is 12.1 Å². The number of esters is 1. The smallest absolute Gasteiger partial charge is 0.413 e. The number of amides is 1. The summed E-state index contributed by atoms with van der Waals surface area (Å²) in [7, 11) is 0. The van der Waals surface area contributed by atoms with Crippen LogP contribution in [0.1, 0.15) is 5.56 Å². The first-order valence-electron chi connectivity index (χ1n) is 5.42. The highest BCUT2D eigenvalue weighted by atomic mass is 127. The summed E-state index contributed by atoms with van der Waals surface area (Å²) in [5.41, 5.74) is 0.906. The number of alkyl halides is 1. The highest BCUT2D eigenvalue weighted by Crippen LogP contribution is 2.15. The predicted molar refractivity (Wildman–Crippen MR) is 72.1 cm³/mol. The topological polar surface area (TPSA) is 55.8 Å². The third kappa shape index (κ3) is 2.92. The Balaban J connectivity index is 1.90. The number of carbonyl (C=O) groups excluding carboxylic acids is 2. The number of cyclic esters (lactones) is 1. The van der Waals surface area contributed by atoms with Gasteiger partial charge in [-0.3, -0.25) is 4.90 Å². The summed E-state index contributed by atoms with van der Waals surface area (Å²) in [6.07, 6.45) is -0.522. The van der Waals surface area contributed by atoms with E-state index in [1.807, 2.05) is 52.9 Å². The Labute approximate surface area is 118 Å². The van der Waals surface area contributed by atoms with Crippen molar-refractivity contribution >= 4 is 34.7 Å². The van der Waals surface area contributed by atoms with Crippen LogP contribution in [0.25, 0.3) is 0 Å². The third-order valence-corrected chi connectivity index (χ3v) is 3.41. The highest BCUT2D eigenvalue weighted by Gasteiger charge is 2.37. The lowest BCUT2D eigenvalue weighted by Gasteiger charge is -2.17. The average molecular weight is 361 g/mol. The molecule has 18 heavy (non-hydrogen) atoms. The summed E-state index contributed by atoms with van der Waals surface area (Å²) < 4.78 is 10.5. The van der Waals surface area contributed by atoms with Gasteiger partial charge in [-0.25, -0.2) is 9.59 Å². The quantitative estimate of drug-likeness (QED) is 0.469. The van der Waals surface area contributed by atoms with Crippen LogP contribution in [0.15, 0.2) is 30.3 Å². The summed E-state index contributed by atoms with van der Waals surface area (Å²) in [4.78, 5) is 24.4. The van der Waals surface area contributed by atoms with E-state index in [4.69, 9.17) is 9.47 Å². The molecular weight excluding hydrogens is 349 g/mol. The van der Waals surface area contributed by atoms with Crippen LogP contribution in [0.4, 0.5) is 4.79 Å². The molecule has 0 unspecified atom stereocenters. The molecule has 2 rings (SSSR count). The Hall–Kier alpha value is -1.31. The molecule has 6 heteroatoms. The lowest BCUT2D eigenvalue weighted by molar-refractivity contribution is -0.138. The second kappa shape index (κ2) is 6.03. The lowest BCUT2D eigenvalue weighted by Crippen LogP contribution is -2.39. The number of hydrogen-bond acceptors (Lipinski definition) is 4. The monoisotopic (exact) mass is 361 g/mol. The van der Waals surface area contributed by atoms with E-state index in [9.17, 15) is 9.59 Å². The number of benzene rings is 1. The zero-order valence-electron chi connectivity index (χ0n) is 9.54. The van der Waals surface area contributed by atoms with Crippen molar-refractivity contribution in [2.75, 3.05) is 11.2 Å². The van der Waals surface area contributed by atoms with Gasteiger partial charge in [0.15, 0.2) is 6.73 Å². The Kier molecular flexibility index (Phi) is 4.40. The van der Waals surface area contributed by atoms with E-state index in [1.54, 1.807) is 0 Å². The second-order valence-electron chi connectivity index (χ2n) is 3.77. The molecule has 1 aliphatic rings. The van der Waals surface area contributed by atoms with Gasteiger partial charge in [0.05, 0.1) is 0 Å². The van der Waals surface area contributed by atoms with E-state index in [2.05, 4.69) is 0 Å². The molecule has 1 heterocycles. The minimum absolute atomic E-state index is 0.0277. The largest absolute Gasteiger partial charge is 0.444 e. The Morgan fingerprint density at radius 3 is 2.83 bits per heavy atom. The molecular formula is C12H12INO4. The molecule has 0 aliphatic carbocycles. The maximum atomic E-state index is 11.8. The van der Waals surface area contributed by atoms with Gasteiger partial charge >= 0.3 is 12.1 Å². The predicted octanol–water partition coefficient (Wildman–Crippen LogP) is 1.94. The van der Waals surface area contributed by atoms with Crippen LogP contribution in [-0.2, 0) is 20.9 Å². The fourth-order valence-electron chi connectivity index (χ4n) is 1.58. The van der Waals surface area contributed by atoms with Gasteiger partial charge in [-0.15, -0.1) is 0 Å². The normalized spacial score (nSPS) is 18.6. The fraction of sp³-hybridized carbons (Fsp3) is 0.333. The van der Waals surface area contributed by atoms with E-state index in [0.717, 1.165) is 5.56 Å². The molecule has 1 saturated heterocycles. The first kappa shape index (κ1) is 13.1. The zero-order chi connectivity index (χ0) is 13.0. The van der Waals surface area contributed by atoms with Gasteiger partial charge in [0.1, 0.15) is 12.6 Å². The fourth-order valence-corrected chi connectivity index (χ4v) is 2.41. The molecule has 0 aromatic heterocycles. The SMILES string of the molecule is O=C1OCN(C(=O)OCc2ccccc2)[C@@H]1CI. The molecule has 1 amide bonds. The Morgan fingerprint density at radius 1 is 1.44 bits per heavy atom. The van der Waals surface area contributed by atoms with Crippen LogP contribution < -0.4 is 0 Å². The van der Waals surface area contributed by atoms with E-state index in [1.165, 1.54) is 4.90 Å². The molecule has 5 nitrogen and oxygen atoms in total. The van der Waals surface area contributed by atoms with Gasteiger partial charge in [0, 0.05) is 4.43 Å². The molecule has 1 aromatic carbocycles. The van der Waals surface area contributed by atoms with Crippen molar-refractivity contribution in [3.8, 4) is 0 Å².